The summed E-state index contributed by atoms with van der Waals surface area (Å²) < 4.78 is 21.2. The predicted octanol–water partition coefficient (Wildman–Crippen LogP) is 2.50. The highest BCUT2D eigenvalue weighted by atomic mass is 32.1. The molecule has 3 aromatic rings. The molecule has 0 atom stereocenters. The van der Waals surface area contributed by atoms with Crippen LogP contribution < -0.4 is 10.3 Å². The minimum Gasteiger partial charge on any atom is -0.477 e. The van der Waals surface area contributed by atoms with Crippen molar-refractivity contribution in [2.75, 3.05) is 31.7 Å². The molecule has 1 saturated heterocycles. The molecule has 1 N–H and O–H groups in total. The normalized spacial score (nSPS) is 14.0. The standard InChI is InChI=1S/C21H21FN4O5S/c1-31-6-3-2-4-16(27)12-9-25(10-12)19-15(22)8-13-17(28)14(20(29)30)11-26(18(13)24-19)21-23-5-7-32-21/h5,7-8,11-12H,2-4,6,9-10H2,1H3,(H,29,30). The SMILES string of the molecule is COCCCCC(=O)C1CN(c2nc3c(cc2F)c(=O)c(C(=O)O)cn3-c2nccs2)C1. The van der Waals surface area contributed by atoms with Crippen LogP contribution in [0.1, 0.15) is 29.6 Å². The molecule has 3 aromatic heterocycles. The second kappa shape index (κ2) is 9.13. The third-order valence-corrected chi connectivity index (χ3v) is 6.20. The number of ketones is 1. The molecule has 0 bridgehead atoms. The van der Waals surface area contributed by atoms with Crippen molar-refractivity contribution in [3.8, 4) is 5.13 Å². The van der Waals surface area contributed by atoms with E-state index in [2.05, 4.69) is 9.97 Å². The second-order valence-corrected chi connectivity index (χ2v) is 8.42. The average molecular weight is 460 g/mol. The number of Topliss-reactive ketones (excluding diaryl/α,β-unsaturated/α-hetero) is 1. The van der Waals surface area contributed by atoms with Crippen molar-refractivity contribution in [1.82, 2.24) is 14.5 Å². The van der Waals surface area contributed by atoms with Crippen LogP contribution in [-0.2, 0) is 9.53 Å². The molecular weight excluding hydrogens is 439 g/mol. The number of fused-ring (bicyclic) bond motifs is 1. The van der Waals surface area contributed by atoms with Crippen molar-refractivity contribution in [2.45, 2.75) is 19.3 Å². The number of hydrogen-bond acceptors (Lipinski definition) is 8. The lowest BCUT2D eigenvalue weighted by atomic mass is 9.92. The molecule has 0 saturated carbocycles. The maximum absolute atomic E-state index is 14.9. The van der Waals surface area contributed by atoms with Gasteiger partial charge in [0.2, 0.25) is 5.43 Å². The minimum atomic E-state index is -1.42. The number of carbonyl (C=O) groups is 2. The molecule has 168 valence electrons. The Morgan fingerprint density at radius 3 is 2.78 bits per heavy atom. The molecule has 0 aromatic carbocycles. The number of halogens is 1. The first-order valence-corrected chi connectivity index (χ1v) is 10.9. The van der Waals surface area contributed by atoms with Gasteiger partial charge >= 0.3 is 5.97 Å². The summed E-state index contributed by atoms with van der Waals surface area (Å²) in [5, 5.41) is 11.3. The fourth-order valence-corrected chi connectivity index (χ4v) is 4.29. The van der Waals surface area contributed by atoms with E-state index in [4.69, 9.17) is 4.74 Å². The van der Waals surface area contributed by atoms with E-state index in [1.165, 1.54) is 22.1 Å². The van der Waals surface area contributed by atoms with Gasteiger partial charge in [-0.2, -0.15) is 0 Å². The lowest BCUT2D eigenvalue weighted by Crippen LogP contribution is -2.51. The van der Waals surface area contributed by atoms with E-state index in [1.54, 1.807) is 17.4 Å². The Balaban J connectivity index is 1.64. The van der Waals surface area contributed by atoms with Crippen LogP contribution in [-0.4, -0.2) is 58.2 Å². The molecule has 0 radical (unpaired) electrons. The van der Waals surface area contributed by atoms with Crippen LogP contribution in [0.5, 0.6) is 0 Å². The summed E-state index contributed by atoms with van der Waals surface area (Å²) >= 11 is 1.23. The molecule has 0 unspecified atom stereocenters. The van der Waals surface area contributed by atoms with Gasteiger partial charge in [-0.15, -0.1) is 11.3 Å². The summed E-state index contributed by atoms with van der Waals surface area (Å²) in [6.07, 6.45) is 4.71. The topological polar surface area (TPSA) is 115 Å². The number of unbranched alkanes of at least 4 members (excludes halogenated alkanes) is 1. The number of carboxylic acids is 1. The highest BCUT2D eigenvalue weighted by molar-refractivity contribution is 7.12. The van der Waals surface area contributed by atoms with Crippen LogP contribution in [0.15, 0.2) is 28.6 Å². The maximum atomic E-state index is 14.9. The predicted molar refractivity (Wildman–Crippen MR) is 116 cm³/mol. The zero-order valence-corrected chi connectivity index (χ0v) is 18.1. The summed E-state index contributed by atoms with van der Waals surface area (Å²) in [6, 6.07) is 1.01. The number of pyridine rings is 2. The van der Waals surface area contributed by atoms with Gasteiger partial charge in [0.1, 0.15) is 11.3 Å². The Bertz CT molecular complexity index is 1220. The molecule has 32 heavy (non-hydrogen) atoms. The van der Waals surface area contributed by atoms with Gasteiger partial charge in [0.25, 0.3) is 0 Å². The second-order valence-electron chi connectivity index (χ2n) is 7.54. The van der Waals surface area contributed by atoms with Crippen molar-refractivity contribution >= 4 is 39.9 Å². The lowest BCUT2D eigenvalue weighted by Gasteiger charge is -2.39. The van der Waals surface area contributed by atoms with Crippen molar-refractivity contribution in [3.63, 3.8) is 0 Å². The number of carboxylic acid groups (broad SMARTS) is 1. The number of ether oxygens (including phenoxy) is 1. The van der Waals surface area contributed by atoms with Gasteiger partial charge in [0, 0.05) is 51.0 Å². The number of aromatic carboxylic acids is 1. The van der Waals surface area contributed by atoms with Crippen LogP contribution in [0.25, 0.3) is 16.2 Å². The van der Waals surface area contributed by atoms with E-state index >= 15 is 0 Å². The Labute approximate surface area is 186 Å². The highest BCUT2D eigenvalue weighted by Gasteiger charge is 2.34. The van der Waals surface area contributed by atoms with Gasteiger partial charge in [-0.1, -0.05) is 0 Å². The number of anilines is 1. The first-order chi connectivity index (χ1) is 15.4. The van der Waals surface area contributed by atoms with Gasteiger partial charge in [0.15, 0.2) is 22.4 Å². The van der Waals surface area contributed by atoms with Crippen LogP contribution in [0.2, 0.25) is 0 Å². The number of methoxy groups -OCH3 is 1. The Morgan fingerprint density at radius 1 is 1.34 bits per heavy atom. The molecule has 4 rings (SSSR count). The molecule has 11 heteroatoms. The van der Waals surface area contributed by atoms with Crippen LogP contribution in [0.4, 0.5) is 10.2 Å². The van der Waals surface area contributed by atoms with Crippen molar-refractivity contribution in [1.29, 1.82) is 0 Å². The molecule has 1 aliphatic rings. The molecule has 9 nitrogen and oxygen atoms in total. The Hall–Kier alpha value is -3.18. The fraction of sp³-hybridized carbons (Fsp3) is 0.381. The first kappa shape index (κ1) is 22.0. The van der Waals surface area contributed by atoms with E-state index in [9.17, 15) is 23.9 Å². The molecular formula is C21H21FN4O5S. The lowest BCUT2D eigenvalue weighted by molar-refractivity contribution is -0.123. The molecule has 0 amide bonds. The van der Waals surface area contributed by atoms with E-state index in [1.807, 2.05) is 0 Å². The fourth-order valence-electron chi connectivity index (χ4n) is 3.67. The molecule has 0 aliphatic carbocycles. The number of hydrogen-bond donors (Lipinski definition) is 1. The third-order valence-electron chi connectivity index (χ3n) is 5.43. The minimum absolute atomic E-state index is 0.0220. The van der Waals surface area contributed by atoms with Gasteiger partial charge in [0.05, 0.1) is 11.3 Å². The number of aromatic nitrogens is 3. The number of nitrogens with zero attached hydrogens (tertiary/aromatic N) is 4. The Kier molecular flexibility index (Phi) is 6.28. The van der Waals surface area contributed by atoms with E-state index < -0.39 is 22.8 Å². The van der Waals surface area contributed by atoms with Crippen LogP contribution in [0.3, 0.4) is 0 Å². The summed E-state index contributed by atoms with van der Waals surface area (Å²) in [5.41, 5.74) is -1.20. The Morgan fingerprint density at radius 2 is 2.12 bits per heavy atom. The zero-order valence-electron chi connectivity index (χ0n) is 17.3. The quantitative estimate of drug-likeness (QED) is 0.485. The van der Waals surface area contributed by atoms with Crippen molar-refractivity contribution in [3.05, 3.63) is 45.4 Å². The number of rotatable bonds is 9. The van der Waals surface area contributed by atoms with E-state index in [0.717, 1.165) is 25.1 Å². The van der Waals surface area contributed by atoms with Gasteiger partial charge in [-0.3, -0.25) is 14.2 Å². The number of carbonyl (C=O) groups excluding carboxylic acids is 1. The van der Waals surface area contributed by atoms with Gasteiger partial charge in [-0.25, -0.2) is 19.2 Å². The average Bonchev–Trinajstić information content (AvgIpc) is 3.26. The molecule has 0 spiro atoms. The van der Waals surface area contributed by atoms with Crippen LogP contribution in [0, 0.1) is 11.7 Å². The molecule has 4 heterocycles. The van der Waals surface area contributed by atoms with Crippen molar-refractivity contribution < 1.29 is 23.8 Å². The summed E-state index contributed by atoms with van der Waals surface area (Å²) in [4.78, 5) is 46.6. The summed E-state index contributed by atoms with van der Waals surface area (Å²) in [5.74, 6) is -2.20. The van der Waals surface area contributed by atoms with Gasteiger partial charge < -0.3 is 14.7 Å². The number of thiazole rings is 1. The monoisotopic (exact) mass is 460 g/mol. The maximum Gasteiger partial charge on any atom is 0.341 e. The summed E-state index contributed by atoms with van der Waals surface area (Å²) in [6.45, 7) is 1.29. The third kappa shape index (κ3) is 4.13. The molecule has 1 aliphatic heterocycles. The van der Waals surface area contributed by atoms with Crippen LogP contribution >= 0.6 is 11.3 Å². The first-order valence-electron chi connectivity index (χ1n) is 10.1. The van der Waals surface area contributed by atoms with E-state index in [-0.39, 0.29) is 28.6 Å². The largest absolute Gasteiger partial charge is 0.477 e. The highest BCUT2D eigenvalue weighted by Crippen LogP contribution is 2.29. The zero-order chi connectivity index (χ0) is 22.8. The molecule has 1 fully saturated rings. The summed E-state index contributed by atoms with van der Waals surface area (Å²) in [7, 11) is 1.62. The van der Waals surface area contributed by atoms with E-state index in [0.29, 0.717) is 31.2 Å². The van der Waals surface area contributed by atoms with Gasteiger partial charge in [-0.05, 0) is 18.9 Å². The van der Waals surface area contributed by atoms with Crippen molar-refractivity contribution in [2.24, 2.45) is 5.92 Å². The smallest absolute Gasteiger partial charge is 0.341 e.